The number of anilines is 1. The number of likely N-dealkylation sites (tertiary alicyclic amines) is 1. The second-order valence-electron chi connectivity index (χ2n) is 12.5. The zero-order valence-electron chi connectivity index (χ0n) is 25.9. The van der Waals surface area contributed by atoms with Gasteiger partial charge in [-0.15, -0.1) is 13.2 Å². The molecule has 2 bridgehead atoms. The third-order valence-corrected chi connectivity index (χ3v) is 10.4. The highest BCUT2D eigenvalue weighted by molar-refractivity contribution is 6.06. The fraction of sp³-hybridized carbons (Fsp3) is 0.514. The summed E-state index contributed by atoms with van der Waals surface area (Å²) in [6.07, 6.45) is 5.66. The summed E-state index contributed by atoms with van der Waals surface area (Å²) in [7, 11) is 1.72. The number of amides is 3. The topological polar surface area (TPSA) is 90.4 Å². The Morgan fingerprint density at radius 2 is 1.79 bits per heavy atom. The van der Waals surface area contributed by atoms with Crippen LogP contribution in [0.25, 0.3) is 10.8 Å². The van der Waals surface area contributed by atoms with E-state index >= 15 is 4.79 Å². The molecule has 3 aliphatic rings. The first-order valence-electron chi connectivity index (χ1n) is 15.5. The van der Waals surface area contributed by atoms with Gasteiger partial charge in [0, 0.05) is 25.8 Å². The van der Waals surface area contributed by atoms with E-state index in [-0.39, 0.29) is 36.8 Å². The maximum Gasteiger partial charge on any atom is 0.253 e. The van der Waals surface area contributed by atoms with Crippen LogP contribution in [0.1, 0.15) is 46.5 Å². The molecule has 3 fully saturated rings. The third-order valence-electron chi connectivity index (χ3n) is 10.4. The van der Waals surface area contributed by atoms with Gasteiger partial charge < -0.3 is 24.5 Å². The van der Waals surface area contributed by atoms with Gasteiger partial charge in [-0.3, -0.25) is 14.4 Å². The van der Waals surface area contributed by atoms with Gasteiger partial charge in [0.25, 0.3) is 5.91 Å². The molecule has 43 heavy (non-hydrogen) atoms. The first-order chi connectivity index (χ1) is 20.6. The molecule has 5 rings (SSSR count). The number of hydrogen-bond acceptors (Lipinski definition) is 5. The number of carbonyl (C=O) groups excluding carboxylic acids is 3. The second kappa shape index (κ2) is 11.9. The molecular weight excluding hydrogens is 542 g/mol. The lowest BCUT2D eigenvalue weighted by Gasteiger charge is -2.41. The van der Waals surface area contributed by atoms with Crippen LogP contribution >= 0.6 is 0 Å². The summed E-state index contributed by atoms with van der Waals surface area (Å²) >= 11 is 0. The van der Waals surface area contributed by atoms with E-state index < -0.39 is 35.1 Å². The zero-order valence-corrected chi connectivity index (χ0v) is 25.9. The summed E-state index contributed by atoms with van der Waals surface area (Å²) in [5.74, 6) is -2.37. The molecule has 0 saturated carbocycles. The van der Waals surface area contributed by atoms with Crippen LogP contribution in [0.2, 0.25) is 0 Å². The minimum atomic E-state index is -1.18. The van der Waals surface area contributed by atoms with Gasteiger partial charge in [-0.2, -0.15) is 0 Å². The molecule has 0 radical (unpaired) electrons. The minimum Gasteiger partial charge on any atom is -0.394 e. The van der Waals surface area contributed by atoms with Crippen LogP contribution in [-0.4, -0.2) is 82.7 Å². The highest BCUT2D eigenvalue weighted by Crippen LogP contribution is 2.65. The second-order valence-corrected chi connectivity index (χ2v) is 12.5. The van der Waals surface area contributed by atoms with Crippen LogP contribution < -0.4 is 4.90 Å². The third kappa shape index (κ3) is 4.70. The minimum absolute atomic E-state index is 0.0806. The fourth-order valence-corrected chi connectivity index (χ4v) is 7.95. The molecule has 2 unspecified atom stereocenters. The first kappa shape index (κ1) is 31.0. The summed E-state index contributed by atoms with van der Waals surface area (Å²) in [6.45, 7) is 14.0. The molecule has 0 aromatic heterocycles. The lowest BCUT2D eigenvalue weighted by Crippen LogP contribution is -2.60. The summed E-state index contributed by atoms with van der Waals surface area (Å²) < 4.78 is 6.97. The Kier molecular flexibility index (Phi) is 8.56. The lowest BCUT2D eigenvalue weighted by atomic mass is 9.64. The molecular formula is C35H45N3O5. The highest BCUT2D eigenvalue weighted by atomic mass is 16.5. The molecule has 1 N–H and O–H groups in total. The molecule has 3 heterocycles. The molecule has 7 atom stereocenters. The van der Waals surface area contributed by atoms with Gasteiger partial charge in [0.1, 0.15) is 11.6 Å². The van der Waals surface area contributed by atoms with Crippen LogP contribution in [0.15, 0.2) is 67.8 Å². The van der Waals surface area contributed by atoms with Crippen molar-refractivity contribution in [1.82, 2.24) is 9.80 Å². The molecule has 3 aliphatic heterocycles. The Labute approximate surface area is 255 Å². The summed E-state index contributed by atoms with van der Waals surface area (Å²) in [4.78, 5) is 48.6. The van der Waals surface area contributed by atoms with Crippen LogP contribution in [0.4, 0.5) is 5.69 Å². The van der Waals surface area contributed by atoms with Gasteiger partial charge in [-0.25, -0.2) is 0 Å². The van der Waals surface area contributed by atoms with Gasteiger partial charge >= 0.3 is 0 Å². The van der Waals surface area contributed by atoms with E-state index in [0.29, 0.717) is 37.9 Å². The Bertz CT molecular complexity index is 1430. The Balaban J connectivity index is 1.67. The Morgan fingerprint density at radius 3 is 2.42 bits per heavy atom. The van der Waals surface area contributed by atoms with E-state index in [1.807, 2.05) is 63.2 Å². The van der Waals surface area contributed by atoms with Crippen molar-refractivity contribution in [3.8, 4) is 0 Å². The van der Waals surface area contributed by atoms with Crippen molar-refractivity contribution < 1.29 is 24.2 Å². The number of ether oxygens (including phenoxy) is 1. The molecule has 2 aromatic rings. The quantitative estimate of drug-likeness (QED) is 0.368. The van der Waals surface area contributed by atoms with Crippen LogP contribution in [0.3, 0.4) is 0 Å². The van der Waals surface area contributed by atoms with Crippen molar-refractivity contribution in [3.63, 3.8) is 0 Å². The summed E-state index contributed by atoms with van der Waals surface area (Å²) in [5, 5.41) is 12.7. The monoisotopic (exact) mass is 587 g/mol. The fourth-order valence-electron chi connectivity index (χ4n) is 7.95. The molecule has 1 spiro atoms. The first-order valence-corrected chi connectivity index (χ1v) is 15.5. The number of aliphatic hydroxyl groups is 1. The number of fused-ring (bicyclic) bond motifs is 2. The molecule has 2 aromatic carbocycles. The Morgan fingerprint density at radius 1 is 1.09 bits per heavy atom. The standard InChI is InChI=1S/C35H45N3O5/c1-7-19-36(6)31(40)28-29-32(41)38(27(22-39)23(5)9-3)30(35(29)18-17-34(28,10-4)43-35)33(42)37(20-8-2)26-16-15-24-13-11-12-14-25(24)21-26/h7-8,11-16,21,23,27-30,39H,1-2,9-10,17-20,22H2,3-6H3/t23-,27-,28-,29-,30?,34+,35?/m0/s1. The number of benzene rings is 2. The summed E-state index contributed by atoms with van der Waals surface area (Å²) in [6, 6.07) is 12.2. The maximum atomic E-state index is 15.0. The van der Waals surface area contributed by atoms with Crippen LogP contribution in [0, 0.1) is 17.8 Å². The molecule has 3 saturated heterocycles. The molecule has 8 heteroatoms. The summed E-state index contributed by atoms with van der Waals surface area (Å²) in [5.41, 5.74) is -1.33. The number of rotatable bonds is 12. The van der Waals surface area contributed by atoms with Crippen LogP contribution in [0.5, 0.6) is 0 Å². The Hall–Kier alpha value is -3.49. The van der Waals surface area contributed by atoms with Gasteiger partial charge in [0.05, 0.1) is 30.1 Å². The van der Waals surface area contributed by atoms with Gasteiger partial charge in [0.15, 0.2) is 0 Å². The SMILES string of the molecule is C=CCN(C)C(=O)[C@@H]1[C@H]2C(=O)N([C@@H](CO)[C@@H](C)CC)C(C(=O)N(CC=C)c3ccc4ccccc4c3)C23CC[C@@]1(CC)O3. The largest absolute Gasteiger partial charge is 0.394 e. The van der Waals surface area contributed by atoms with E-state index in [0.717, 1.165) is 10.8 Å². The average Bonchev–Trinajstić information content (AvgIpc) is 3.63. The van der Waals surface area contributed by atoms with E-state index in [4.69, 9.17) is 4.74 Å². The van der Waals surface area contributed by atoms with Crippen molar-refractivity contribution in [2.45, 2.75) is 69.7 Å². The van der Waals surface area contributed by atoms with Gasteiger partial charge in [0.2, 0.25) is 11.8 Å². The predicted molar refractivity (Wildman–Crippen MR) is 168 cm³/mol. The van der Waals surface area contributed by atoms with Crippen LogP contribution in [-0.2, 0) is 19.1 Å². The van der Waals surface area contributed by atoms with E-state index in [1.54, 1.807) is 33.9 Å². The number of hydrogen-bond donors (Lipinski definition) is 1. The molecule has 8 nitrogen and oxygen atoms in total. The van der Waals surface area contributed by atoms with E-state index in [9.17, 15) is 14.7 Å². The number of carbonyl (C=O) groups is 3. The van der Waals surface area contributed by atoms with Crippen molar-refractivity contribution >= 4 is 34.2 Å². The number of aliphatic hydroxyl groups excluding tert-OH is 1. The smallest absolute Gasteiger partial charge is 0.253 e. The molecule has 230 valence electrons. The van der Waals surface area contributed by atoms with Gasteiger partial charge in [-0.1, -0.05) is 69.7 Å². The number of nitrogens with zero attached hydrogens (tertiary/aromatic N) is 3. The van der Waals surface area contributed by atoms with Gasteiger partial charge in [-0.05, 0) is 48.1 Å². The molecule has 0 aliphatic carbocycles. The normalized spacial score (nSPS) is 28.9. The van der Waals surface area contributed by atoms with Crippen molar-refractivity contribution in [2.75, 3.05) is 31.6 Å². The number of likely N-dealkylation sites (N-methyl/N-ethyl adjacent to an activating group) is 1. The molecule has 3 amide bonds. The van der Waals surface area contributed by atoms with Crippen molar-refractivity contribution in [2.24, 2.45) is 17.8 Å². The van der Waals surface area contributed by atoms with E-state index in [2.05, 4.69) is 13.2 Å². The average molecular weight is 588 g/mol. The maximum absolute atomic E-state index is 15.0. The predicted octanol–water partition coefficient (Wildman–Crippen LogP) is 4.57. The van der Waals surface area contributed by atoms with E-state index in [1.165, 1.54) is 0 Å². The zero-order chi connectivity index (χ0) is 31.1. The lowest BCUT2D eigenvalue weighted by molar-refractivity contribution is -0.154. The van der Waals surface area contributed by atoms with Crippen molar-refractivity contribution in [1.29, 1.82) is 0 Å². The van der Waals surface area contributed by atoms with Crippen molar-refractivity contribution in [3.05, 3.63) is 67.8 Å². The highest BCUT2D eigenvalue weighted by Gasteiger charge is 2.79.